The van der Waals surface area contributed by atoms with E-state index in [1.54, 1.807) is 25.3 Å². The number of carbonyl (C=O) groups excluding carboxylic acids is 2. The normalized spacial score (nSPS) is 16.6. The first kappa shape index (κ1) is 38.6. The number of hydrogen-bond donors (Lipinski definition) is 2. The molecular weight excluding hydrogens is 736 g/mol. The van der Waals surface area contributed by atoms with Crippen molar-refractivity contribution in [3.05, 3.63) is 135 Å². The van der Waals surface area contributed by atoms with E-state index in [0.717, 1.165) is 31.2 Å². The molecule has 2 aromatic carbocycles. The minimum atomic E-state index is -5.11. The Bertz CT molecular complexity index is 2380. The van der Waals surface area contributed by atoms with Gasteiger partial charge in [-0.25, -0.2) is 18.2 Å². The first-order valence-corrected chi connectivity index (χ1v) is 16.7. The Labute approximate surface area is 308 Å². The zero-order chi connectivity index (χ0) is 40.0. The van der Waals surface area contributed by atoms with Gasteiger partial charge in [-0.15, -0.1) is 0 Å². The molecule has 284 valence electrons. The van der Waals surface area contributed by atoms with E-state index in [9.17, 15) is 35.9 Å². The molecular formula is C39H30F8N6O2. The molecule has 16 heteroatoms. The van der Waals surface area contributed by atoms with Gasteiger partial charge in [-0.1, -0.05) is 25.8 Å². The highest BCUT2D eigenvalue weighted by atomic mass is 19.4. The summed E-state index contributed by atoms with van der Waals surface area (Å²) < 4.78 is 117. The second kappa shape index (κ2) is 14.6. The van der Waals surface area contributed by atoms with Crippen LogP contribution in [-0.2, 0) is 29.9 Å². The minimum Gasteiger partial charge on any atom is -0.366 e. The molecule has 0 saturated carbocycles. The Kier molecular flexibility index (Phi) is 10.3. The molecule has 0 bridgehead atoms. The van der Waals surface area contributed by atoms with Gasteiger partial charge in [0.25, 0.3) is 11.8 Å². The molecule has 3 N–H and O–H groups in total. The number of halogens is 8. The number of primary amides is 1. The van der Waals surface area contributed by atoms with Crippen LogP contribution in [0.25, 0.3) is 11.1 Å². The van der Waals surface area contributed by atoms with E-state index >= 15 is 8.78 Å². The number of nitrogens with zero attached hydrogens (tertiary/aromatic N) is 4. The zero-order valence-corrected chi connectivity index (χ0v) is 29.2. The number of nitrogens with one attached hydrogen (secondary N) is 1. The Balaban J connectivity index is 1.49. The number of pyridine rings is 2. The summed E-state index contributed by atoms with van der Waals surface area (Å²) in [4.78, 5) is 34.6. The van der Waals surface area contributed by atoms with Crippen LogP contribution in [0.5, 0.6) is 0 Å². The average molecular weight is 767 g/mol. The smallest absolute Gasteiger partial charge is 0.366 e. The number of rotatable bonds is 8. The lowest BCUT2D eigenvalue weighted by Gasteiger charge is -2.23. The maximum absolute atomic E-state index is 15.5. The Hall–Kier alpha value is -6.11. The molecule has 0 aliphatic heterocycles. The first-order valence-electron chi connectivity index (χ1n) is 16.7. The number of benzene rings is 2. The second-order valence-corrected chi connectivity index (χ2v) is 13.2. The van der Waals surface area contributed by atoms with Gasteiger partial charge in [-0.2, -0.15) is 27.1 Å². The third-order valence-electron chi connectivity index (χ3n) is 9.37. The van der Waals surface area contributed by atoms with Crippen LogP contribution in [0, 0.1) is 42.1 Å². The summed E-state index contributed by atoms with van der Waals surface area (Å²) >= 11 is 0. The summed E-state index contributed by atoms with van der Waals surface area (Å²) in [6, 6.07) is 10.8. The number of amides is 2. The van der Waals surface area contributed by atoms with Gasteiger partial charge in [-0.05, 0) is 84.8 Å². The molecule has 0 saturated heterocycles. The molecule has 1 aliphatic carbocycles. The Morgan fingerprint density at radius 3 is 2.35 bits per heavy atom. The minimum absolute atomic E-state index is 0.00949. The van der Waals surface area contributed by atoms with Crippen LogP contribution < -0.4 is 11.1 Å². The molecule has 3 heterocycles. The van der Waals surface area contributed by atoms with Crippen LogP contribution in [-0.4, -0.2) is 31.6 Å². The van der Waals surface area contributed by atoms with Crippen LogP contribution in [0.4, 0.5) is 35.1 Å². The number of aromatic nitrogens is 4. The highest BCUT2D eigenvalue weighted by Gasteiger charge is 2.57. The lowest BCUT2D eigenvalue weighted by Crippen LogP contribution is -2.35. The predicted molar refractivity (Wildman–Crippen MR) is 183 cm³/mol. The van der Waals surface area contributed by atoms with Gasteiger partial charge in [0, 0.05) is 40.6 Å². The summed E-state index contributed by atoms with van der Waals surface area (Å²) in [5.41, 5.74) is 3.19. The van der Waals surface area contributed by atoms with Gasteiger partial charge in [0.15, 0.2) is 5.69 Å². The molecule has 0 unspecified atom stereocenters. The summed E-state index contributed by atoms with van der Waals surface area (Å²) in [7, 11) is 0. The van der Waals surface area contributed by atoms with E-state index in [4.69, 9.17) is 5.73 Å². The molecule has 2 amide bonds. The molecule has 6 rings (SSSR count). The topological polar surface area (TPSA) is 116 Å². The molecule has 0 radical (unpaired) electrons. The quantitative estimate of drug-likeness (QED) is 0.125. The van der Waals surface area contributed by atoms with Crippen molar-refractivity contribution in [2.75, 3.05) is 0 Å². The van der Waals surface area contributed by atoms with Crippen molar-refractivity contribution in [3.8, 4) is 23.0 Å². The van der Waals surface area contributed by atoms with Crippen molar-refractivity contribution in [3.63, 3.8) is 0 Å². The first-order chi connectivity index (χ1) is 25.8. The van der Waals surface area contributed by atoms with Crippen LogP contribution in [0.3, 0.4) is 0 Å². The monoisotopic (exact) mass is 766 g/mol. The van der Waals surface area contributed by atoms with E-state index in [1.165, 1.54) is 25.1 Å². The number of hydrogen-bond acceptors (Lipinski definition) is 5. The van der Waals surface area contributed by atoms with E-state index in [2.05, 4.69) is 32.2 Å². The summed E-state index contributed by atoms with van der Waals surface area (Å²) in [6.45, 7) is 2.96. The van der Waals surface area contributed by atoms with Gasteiger partial charge >= 0.3 is 6.18 Å². The molecule has 8 nitrogen and oxygen atoms in total. The van der Waals surface area contributed by atoms with Gasteiger partial charge in [0.2, 0.25) is 5.91 Å². The largest absolute Gasteiger partial charge is 0.435 e. The third kappa shape index (κ3) is 7.91. The fraction of sp³-hybridized carbons (Fsp3) is 0.256. The fourth-order valence-electron chi connectivity index (χ4n) is 6.61. The average Bonchev–Trinajstić information content (AvgIpc) is 3.57. The van der Waals surface area contributed by atoms with E-state index < -0.39 is 94.7 Å². The van der Waals surface area contributed by atoms with E-state index in [0.29, 0.717) is 22.0 Å². The zero-order valence-electron chi connectivity index (χ0n) is 29.2. The number of nitrogens with two attached hydrogens (primary N) is 1. The van der Waals surface area contributed by atoms with Crippen molar-refractivity contribution in [2.24, 2.45) is 11.7 Å². The lowest BCUT2D eigenvalue weighted by atomic mass is 9.94. The Morgan fingerprint density at radius 2 is 1.69 bits per heavy atom. The van der Waals surface area contributed by atoms with Crippen molar-refractivity contribution in [1.82, 2.24) is 25.1 Å². The SMILES string of the molecule is Cc1cc(C#Cc2ccc(-c3ccc(F)c(C(N)=O)c3)c([C@H](Cc3cc(F)cc(F)c3)NC(=O)Cn3nc(C(F)(F)F)c4c3C(F)(F)[C@H](C)[C@@H]4C)n2)ccn1. The van der Waals surface area contributed by atoms with Crippen molar-refractivity contribution >= 4 is 11.8 Å². The molecule has 55 heavy (non-hydrogen) atoms. The van der Waals surface area contributed by atoms with Gasteiger partial charge in [0.05, 0.1) is 17.3 Å². The van der Waals surface area contributed by atoms with Gasteiger partial charge in [0.1, 0.15) is 35.4 Å². The molecule has 0 spiro atoms. The highest BCUT2D eigenvalue weighted by Crippen LogP contribution is 2.55. The number of aryl methyl sites for hydroxylation is 1. The fourth-order valence-corrected chi connectivity index (χ4v) is 6.61. The Morgan fingerprint density at radius 1 is 0.982 bits per heavy atom. The van der Waals surface area contributed by atoms with Crippen molar-refractivity contribution in [2.45, 2.75) is 57.8 Å². The van der Waals surface area contributed by atoms with Gasteiger partial charge < -0.3 is 11.1 Å². The van der Waals surface area contributed by atoms with Crippen LogP contribution >= 0.6 is 0 Å². The molecule has 1 aliphatic rings. The maximum Gasteiger partial charge on any atom is 0.435 e. The molecule has 3 atom stereocenters. The molecule has 0 fully saturated rings. The molecule has 5 aromatic rings. The van der Waals surface area contributed by atoms with E-state index in [-0.39, 0.29) is 28.1 Å². The van der Waals surface area contributed by atoms with Crippen LogP contribution in [0.1, 0.15) is 81.3 Å². The maximum atomic E-state index is 15.5. The summed E-state index contributed by atoms with van der Waals surface area (Å²) in [5.74, 6) is -5.86. The predicted octanol–water partition coefficient (Wildman–Crippen LogP) is 7.53. The van der Waals surface area contributed by atoms with E-state index in [1.807, 2.05) is 0 Å². The third-order valence-corrected chi connectivity index (χ3v) is 9.37. The second-order valence-electron chi connectivity index (χ2n) is 13.2. The van der Waals surface area contributed by atoms with Crippen LogP contribution in [0.15, 0.2) is 66.9 Å². The van der Waals surface area contributed by atoms with Crippen LogP contribution in [0.2, 0.25) is 0 Å². The van der Waals surface area contributed by atoms with Gasteiger partial charge in [-0.3, -0.25) is 19.3 Å². The van der Waals surface area contributed by atoms with Crippen molar-refractivity contribution in [1.29, 1.82) is 0 Å². The summed E-state index contributed by atoms with van der Waals surface area (Å²) in [5, 5.41) is 5.99. The van der Waals surface area contributed by atoms with Crippen molar-refractivity contribution < 1.29 is 44.7 Å². The summed E-state index contributed by atoms with van der Waals surface area (Å²) in [6.07, 6.45) is -3.97. The molecule has 3 aromatic heterocycles. The standard InChI is InChI=1S/C39H30F8N6O2/c1-19-12-22(10-11-49-19)4-6-27-7-8-28(24-5-9-30(42)29(16-24)37(48)55)34(50-27)31(15-23-13-25(40)17-26(41)14-23)51-32(54)18-53-36-33(35(52-53)39(45,46)47)20(2)21(3)38(36,43)44/h5,7-14,16-17,20-21,31H,15,18H2,1-3H3,(H2,48,55)(H,51,54)/t20-,21+,31-/m0/s1. The number of carbonyl (C=O) groups is 2. The highest BCUT2D eigenvalue weighted by molar-refractivity contribution is 5.94. The number of fused-ring (bicyclic) bond motifs is 1. The number of alkyl halides is 5. The lowest BCUT2D eigenvalue weighted by molar-refractivity contribution is -0.143.